The van der Waals surface area contributed by atoms with Gasteiger partial charge in [0.2, 0.25) is 0 Å². The second-order valence-electron chi connectivity index (χ2n) is 3.61. The molecule has 1 N–H and O–H groups in total. The molecule has 1 aromatic carbocycles. The monoisotopic (exact) mass is 380 g/mol. The van der Waals surface area contributed by atoms with Crippen LogP contribution in [-0.4, -0.2) is 41.4 Å². The molecule has 0 aliphatic carbocycles. The van der Waals surface area contributed by atoms with Gasteiger partial charge < -0.3 is 0 Å². The Balaban J connectivity index is 3.10. The summed E-state index contributed by atoms with van der Waals surface area (Å²) in [6, 6.07) is 4.42. The average molecular weight is 379 g/mol. The molecule has 1 aromatic rings. The van der Waals surface area contributed by atoms with Gasteiger partial charge in [-0.05, 0) is 0 Å². The Bertz CT molecular complexity index is 571. The third-order valence-electron chi connectivity index (χ3n) is 2.17. The number of hydrogen-bond acceptors (Lipinski definition) is 5. The van der Waals surface area contributed by atoms with Crippen molar-refractivity contribution in [2.45, 2.75) is 18.5 Å². The molecule has 0 radical (unpaired) electrons. The van der Waals surface area contributed by atoms with Crippen LogP contribution >= 0.6 is 0 Å². The van der Waals surface area contributed by atoms with E-state index in [2.05, 4.69) is 3.27 Å². The summed E-state index contributed by atoms with van der Waals surface area (Å²) in [4.78, 5) is 0. The molecule has 20 heavy (non-hydrogen) atoms. The molecule has 0 saturated carbocycles. The van der Waals surface area contributed by atoms with Gasteiger partial charge in [0, 0.05) is 0 Å². The van der Waals surface area contributed by atoms with Crippen molar-refractivity contribution in [2.24, 2.45) is 0 Å². The van der Waals surface area contributed by atoms with Crippen LogP contribution in [0.3, 0.4) is 0 Å². The Labute approximate surface area is 120 Å². The first-order valence-electron chi connectivity index (χ1n) is 5.12. The van der Waals surface area contributed by atoms with Gasteiger partial charge in [0.1, 0.15) is 0 Å². The number of methoxy groups -OCH3 is 1. The van der Waals surface area contributed by atoms with Crippen molar-refractivity contribution in [1.29, 1.82) is 0 Å². The Morgan fingerprint density at radius 2 is 1.95 bits per heavy atom. The van der Waals surface area contributed by atoms with Crippen LogP contribution in [0.4, 0.5) is 13.2 Å². The minimum absolute atomic E-state index is 0.102. The summed E-state index contributed by atoms with van der Waals surface area (Å²) in [6.07, 6.45) is -1.00. The normalized spacial score (nSPS) is 14.1. The molecule has 5 nitrogen and oxygen atoms in total. The van der Waals surface area contributed by atoms with Gasteiger partial charge in [-0.1, -0.05) is 0 Å². The first kappa shape index (κ1) is 17.3. The molecule has 1 atom stereocenters. The van der Waals surface area contributed by atoms with Crippen molar-refractivity contribution < 1.29 is 34.7 Å². The van der Waals surface area contributed by atoms with Crippen molar-refractivity contribution in [3.63, 3.8) is 0 Å². The van der Waals surface area contributed by atoms with E-state index in [9.17, 15) is 26.7 Å². The molecular weight excluding hydrogens is 368 g/mol. The number of hydrogen-bond donors (Lipinski definition) is 1. The summed E-state index contributed by atoms with van der Waals surface area (Å²) in [5.41, 5.74) is -5.23. The Kier molecular flexibility index (Phi) is 5.45. The maximum atomic E-state index is 12.2. The van der Waals surface area contributed by atoms with Gasteiger partial charge in [0.05, 0.1) is 0 Å². The van der Waals surface area contributed by atoms with Gasteiger partial charge in [-0.25, -0.2) is 0 Å². The number of rotatable bonds is 5. The van der Waals surface area contributed by atoms with E-state index in [-0.39, 0.29) is 15.8 Å². The summed E-state index contributed by atoms with van der Waals surface area (Å²) < 4.78 is 67.4. The SMILES string of the molecule is COc1cccc([C@H](C)O)c1[Se]OS(=O)(=O)C(F)(F)F. The van der Waals surface area contributed by atoms with Crippen LogP contribution in [0.15, 0.2) is 18.2 Å². The molecule has 0 aliphatic heterocycles. The Morgan fingerprint density at radius 1 is 1.35 bits per heavy atom. The molecule has 0 unspecified atom stereocenters. The first-order chi connectivity index (χ1) is 9.10. The molecule has 0 spiro atoms. The Hall–Kier alpha value is -0.801. The van der Waals surface area contributed by atoms with E-state index >= 15 is 0 Å². The topological polar surface area (TPSA) is 72.8 Å². The van der Waals surface area contributed by atoms with Crippen LogP contribution in [-0.2, 0) is 13.4 Å². The van der Waals surface area contributed by atoms with E-state index in [1.165, 1.54) is 32.2 Å². The fourth-order valence-corrected chi connectivity index (χ4v) is 4.13. The number of alkyl halides is 3. The van der Waals surface area contributed by atoms with E-state index < -0.39 is 37.0 Å². The Morgan fingerprint density at radius 3 is 2.40 bits per heavy atom. The second-order valence-corrected chi connectivity index (χ2v) is 7.18. The van der Waals surface area contributed by atoms with Crippen LogP contribution in [0.1, 0.15) is 18.6 Å². The molecule has 0 amide bonds. The van der Waals surface area contributed by atoms with Crippen molar-refractivity contribution in [2.75, 3.05) is 7.11 Å². The van der Waals surface area contributed by atoms with E-state index in [0.29, 0.717) is 0 Å². The van der Waals surface area contributed by atoms with E-state index in [0.717, 1.165) is 0 Å². The van der Waals surface area contributed by atoms with Crippen LogP contribution in [0.25, 0.3) is 0 Å². The van der Waals surface area contributed by atoms with E-state index in [1.807, 2.05) is 0 Å². The fourth-order valence-electron chi connectivity index (χ4n) is 1.23. The minimum atomic E-state index is -5.67. The average Bonchev–Trinajstić information content (AvgIpc) is 2.34. The predicted octanol–water partition coefficient (Wildman–Crippen LogP) is 0.859. The molecule has 10 heteroatoms. The van der Waals surface area contributed by atoms with Gasteiger partial charge in [-0.3, -0.25) is 0 Å². The summed E-state index contributed by atoms with van der Waals surface area (Å²) >= 11 is -1.52. The molecule has 114 valence electrons. The van der Waals surface area contributed by atoms with Crippen LogP contribution in [0.5, 0.6) is 5.75 Å². The number of halogens is 3. The number of aliphatic hydroxyl groups is 1. The molecule has 1 rings (SSSR count). The molecule has 0 fully saturated rings. The fraction of sp³-hybridized carbons (Fsp3) is 0.400. The van der Waals surface area contributed by atoms with Crippen molar-refractivity contribution in [3.05, 3.63) is 23.8 Å². The summed E-state index contributed by atoms with van der Waals surface area (Å²) in [6.45, 7) is 1.40. The summed E-state index contributed by atoms with van der Waals surface area (Å²) in [5, 5.41) is 9.54. The standard InChI is InChI=1S/C10H11F3O5SSe/c1-6(14)7-4-3-5-8(17-2)9(7)20-18-19(15,16)10(11,12)13/h3-6,14H,1-2H3/t6-/m0/s1. The third kappa shape index (κ3) is 3.86. The molecule has 0 heterocycles. The van der Waals surface area contributed by atoms with Crippen molar-refractivity contribution in [1.82, 2.24) is 0 Å². The molecule has 0 aliphatic rings. The third-order valence-corrected chi connectivity index (χ3v) is 5.81. The number of ether oxygens (including phenoxy) is 1. The number of benzene rings is 1. The van der Waals surface area contributed by atoms with E-state index in [4.69, 9.17) is 4.74 Å². The van der Waals surface area contributed by atoms with Crippen LogP contribution in [0, 0.1) is 0 Å². The first-order valence-corrected chi connectivity index (χ1v) is 8.09. The van der Waals surface area contributed by atoms with Crippen LogP contribution in [0.2, 0.25) is 0 Å². The number of aliphatic hydroxyl groups excluding tert-OH is 1. The molecule has 0 saturated heterocycles. The van der Waals surface area contributed by atoms with E-state index in [1.54, 1.807) is 0 Å². The zero-order valence-corrected chi connectivity index (χ0v) is 12.9. The van der Waals surface area contributed by atoms with Gasteiger partial charge in [-0.2, -0.15) is 0 Å². The zero-order chi connectivity index (χ0) is 15.6. The predicted molar refractivity (Wildman–Crippen MR) is 65.1 cm³/mol. The summed E-state index contributed by atoms with van der Waals surface area (Å²) in [7, 11) is -4.40. The quantitative estimate of drug-likeness (QED) is 0.607. The maximum absolute atomic E-state index is 12.2. The van der Waals surface area contributed by atoms with Crippen molar-refractivity contribution >= 4 is 29.9 Å². The zero-order valence-electron chi connectivity index (χ0n) is 10.3. The van der Waals surface area contributed by atoms with Crippen molar-refractivity contribution in [3.8, 4) is 5.75 Å². The van der Waals surface area contributed by atoms with Gasteiger partial charge in [0.25, 0.3) is 0 Å². The van der Waals surface area contributed by atoms with Gasteiger partial charge in [0.15, 0.2) is 0 Å². The molecule has 0 bridgehead atoms. The molecular formula is C10H11F3O5SSe. The molecule has 0 aromatic heterocycles. The van der Waals surface area contributed by atoms with Gasteiger partial charge >= 0.3 is 120 Å². The van der Waals surface area contributed by atoms with Crippen LogP contribution < -0.4 is 9.20 Å². The second kappa shape index (κ2) is 6.31. The van der Waals surface area contributed by atoms with Gasteiger partial charge in [-0.15, -0.1) is 0 Å². The summed E-state index contributed by atoms with van der Waals surface area (Å²) in [5.74, 6) is 0.153.